The van der Waals surface area contributed by atoms with Crippen molar-refractivity contribution < 1.29 is 9.32 Å². The van der Waals surface area contributed by atoms with E-state index in [0.717, 1.165) is 42.8 Å². The zero-order chi connectivity index (χ0) is 20.1. The van der Waals surface area contributed by atoms with Crippen LogP contribution in [-0.2, 0) is 17.9 Å². The maximum atomic E-state index is 12.4. The molecule has 29 heavy (non-hydrogen) atoms. The second-order valence-electron chi connectivity index (χ2n) is 7.47. The predicted octanol–water partition coefficient (Wildman–Crippen LogP) is 2.97. The number of rotatable bonds is 6. The number of hydrogen-bond acceptors (Lipinski definition) is 6. The molecule has 7 heteroatoms. The Balaban J connectivity index is 1.25. The third kappa shape index (κ3) is 5.06. The summed E-state index contributed by atoms with van der Waals surface area (Å²) in [7, 11) is 0. The number of hydrogen-bond donors (Lipinski definition) is 1. The molecule has 2 aromatic heterocycles. The summed E-state index contributed by atoms with van der Waals surface area (Å²) in [6, 6.07) is 13.8. The van der Waals surface area contributed by atoms with Gasteiger partial charge >= 0.3 is 0 Å². The number of aryl methyl sites for hydroxylation is 1. The second-order valence-corrected chi connectivity index (χ2v) is 7.47. The summed E-state index contributed by atoms with van der Waals surface area (Å²) in [4.78, 5) is 23.5. The third-order valence-electron chi connectivity index (χ3n) is 5.23. The monoisotopic (exact) mass is 391 g/mol. The first-order valence-corrected chi connectivity index (χ1v) is 9.97. The molecule has 3 heterocycles. The molecule has 0 spiro atoms. The topological polar surface area (TPSA) is 84.2 Å². The summed E-state index contributed by atoms with van der Waals surface area (Å²) in [5, 5.41) is 7.10. The summed E-state index contributed by atoms with van der Waals surface area (Å²) in [6.45, 7) is 4.81. The first kappa shape index (κ1) is 19.3. The van der Waals surface area contributed by atoms with Crippen LogP contribution in [0.25, 0.3) is 11.4 Å². The average Bonchev–Trinajstić information content (AvgIpc) is 3.22. The summed E-state index contributed by atoms with van der Waals surface area (Å²) >= 11 is 0. The van der Waals surface area contributed by atoms with Gasteiger partial charge in [-0.15, -0.1) is 0 Å². The maximum Gasteiger partial charge on any atom is 0.241 e. The van der Waals surface area contributed by atoms with Crippen LogP contribution in [0.5, 0.6) is 0 Å². The van der Waals surface area contributed by atoms with Crippen LogP contribution in [0.15, 0.2) is 53.2 Å². The minimum absolute atomic E-state index is 0.0421. The quantitative estimate of drug-likeness (QED) is 0.695. The van der Waals surface area contributed by atoms with Crippen molar-refractivity contribution in [1.29, 1.82) is 0 Å². The van der Waals surface area contributed by atoms with Crippen molar-refractivity contribution in [2.45, 2.75) is 32.9 Å². The Morgan fingerprint density at radius 1 is 1.21 bits per heavy atom. The number of piperidine rings is 1. The van der Waals surface area contributed by atoms with Gasteiger partial charge in [0.25, 0.3) is 0 Å². The van der Waals surface area contributed by atoms with Gasteiger partial charge in [0.2, 0.25) is 17.6 Å². The Hall–Kier alpha value is -3.06. The van der Waals surface area contributed by atoms with E-state index in [1.54, 1.807) is 6.20 Å². The van der Waals surface area contributed by atoms with Crippen LogP contribution in [0.1, 0.15) is 30.0 Å². The molecule has 1 fully saturated rings. The molecule has 0 radical (unpaired) electrons. The van der Waals surface area contributed by atoms with Crippen LogP contribution in [0.4, 0.5) is 0 Å². The van der Waals surface area contributed by atoms with Crippen LogP contribution < -0.4 is 5.32 Å². The highest BCUT2D eigenvalue weighted by molar-refractivity contribution is 5.78. The first-order chi connectivity index (χ1) is 14.2. The number of nitrogens with zero attached hydrogens (tertiary/aromatic N) is 4. The van der Waals surface area contributed by atoms with Gasteiger partial charge in [0.15, 0.2) is 0 Å². The molecule has 0 unspecified atom stereocenters. The lowest BCUT2D eigenvalue weighted by Crippen LogP contribution is -2.40. The van der Waals surface area contributed by atoms with Crippen molar-refractivity contribution in [3.05, 3.63) is 65.8 Å². The fourth-order valence-electron chi connectivity index (χ4n) is 3.59. The Morgan fingerprint density at radius 3 is 2.83 bits per heavy atom. The number of benzene rings is 1. The SMILES string of the molecule is Cc1cccc(-c2noc(CN3CCC(C(=O)NCc4ccccn4)CC3)n2)c1. The Kier molecular flexibility index (Phi) is 5.95. The van der Waals surface area contributed by atoms with Crippen molar-refractivity contribution in [1.82, 2.24) is 25.3 Å². The van der Waals surface area contributed by atoms with Gasteiger partial charge in [-0.05, 0) is 51.1 Å². The van der Waals surface area contributed by atoms with E-state index in [9.17, 15) is 4.79 Å². The van der Waals surface area contributed by atoms with E-state index >= 15 is 0 Å². The maximum absolute atomic E-state index is 12.4. The first-order valence-electron chi connectivity index (χ1n) is 9.97. The van der Waals surface area contributed by atoms with Crippen molar-refractivity contribution in [3.63, 3.8) is 0 Å². The molecule has 1 amide bonds. The number of aromatic nitrogens is 3. The van der Waals surface area contributed by atoms with Crippen LogP contribution in [0, 0.1) is 12.8 Å². The molecule has 4 rings (SSSR count). The fraction of sp³-hybridized carbons (Fsp3) is 0.364. The minimum atomic E-state index is 0.0421. The van der Waals surface area contributed by atoms with Crippen molar-refractivity contribution in [3.8, 4) is 11.4 Å². The lowest BCUT2D eigenvalue weighted by atomic mass is 9.96. The molecule has 1 N–H and O–H groups in total. The van der Waals surface area contributed by atoms with E-state index in [4.69, 9.17) is 4.52 Å². The molecule has 1 aromatic carbocycles. The van der Waals surface area contributed by atoms with Crippen LogP contribution in [-0.4, -0.2) is 39.0 Å². The summed E-state index contributed by atoms with van der Waals surface area (Å²) < 4.78 is 5.43. The standard InChI is InChI=1S/C22H25N5O2/c1-16-5-4-6-18(13-16)21-25-20(29-26-21)15-27-11-8-17(9-12-27)22(28)24-14-19-7-2-3-10-23-19/h2-7,10,13,17H,8-9,11-12,14-15H2,1H3,(H,24,28). The van der Waals surface area contributed by atoms with Gasteiger partial charge in [0, 0.05) is 17.7 Å². The van der Waals surface area contributed by atoms with Gasteiger partial charge in [0.05, 0.1) is 18.8 Å². The fourth-order valence-corrected chi connectivity index (χ4v) is 3.59. The largest absolute Gasteiger partial charge is 0.350 e. The van der Waals surface area contributed by atoms with Crippen LogP contribution >= 0.6 is 0 Å². The van der Waals surface area contributed by atoms with E-state index in [2.05, 4.69) is 25.3 Å². The van der Waals surface area contributed by atoms with Crippen molar-refractivity contribution in [2.75, 3.05) is 13.1 Å². The zero-order valence-corrected chi connectivity index (χ0v) is 16.5. The summed E-state index contributed by atoms with van der Waals surface area (Å²) in [6.07, 6.45) is 3.39. The molecule has 0 saturated carbocycles. The van der Waals surface area contributed by atoms with E-state index in [1.807, 2.05) is 49.4 Å². The molecule has 1 aliphatic rings. The number of amides is 1. The number of likely N-dealkylation sites (tertiary alicyclic amines) is 1. The predicted molar refractivity (Wildman–Crippen MR) is 109 cm³/mol. The van der Waals surface area contributed by atoms with Gasteiger partial charge in [-0.1, -0.05) is 35.0 Å². The van der Waals surface area contributed by atoms with Gasteiger partial charge in [-0.2, -0.15) is 4.98 Å². The van der Waals surface area contributed by atoms with Gasteiger partial charge in [-0.3, -0.25) is 14.7 Å². The summed E-state index contributed by atoms with van der Waals surface area (Å²) in [5.74, 6) is 1.38. The smallest absolute Gasteiger partial charge is 0.241 e. The molecule has 1 saturated heterocycles. The molecule has 1 aliphatic heterocycles. The van der Waals surface area contributed by atoms with E-state index < -0.39 is 0 Å². The van der Waals surface area contributed by atoms with Gasteiger partial charge in [0.1, 0.15) is 0 Å². The number of pyridine rings is 1. The molecule has 0 aliphatic carbocycles. The summed E-state index contributed by atoms with van der Waals surface area (Å²) in [5.41, 5.74) is 3.00. The van der Waals surface area contributed by atoms with E-state index in [0.29, 0.717) is 24.8 Å². The highest BCUT2D eigenvalue weighted by Crippen LogP contribution is 2.21. The Bertz CT molecular complexity index is 949. The van der Waals surface area contributed by atoms with Crippen molar-refractivity contribution >= 4 is 5.91 Å². The molecular formula is C22H25N5O2. The van der Waals surface area contributed by atoms with E-state index in [-0.39, 0.29) is 11.8 Å². The van der Waals surface area contributed by atoms with Crippen LogP contribution in [0.2, 0.25) is 0 Å². The molecule has 0 atom stereocenters. The average molecular weight is 391 g/mol. The van der Waals surface area contributed by atoms with E-state index in [1.165, 1.54) is 0 Å². The molecule has 7 nitrogen and oxygen atoms in total. The highest BCUT2D eigenvalue weighted by Gasteiger charge is 2.26. The number of nitrogens with one attached hydrogen (secondary N) is 1. The lowest BCUT2D eigenvalue weighted by Gasteiger charge is -2.30. The Morgan fingerprint density at radius 2 is 2.07 bits per heavy atom. The van der Waals surface area contributed by atoms with Gasteiger partial charge < -0.3 is 9.84 Å². The van der Waals surface area contributed by atoms with Gasteiger partial charge in [-0.25, -0.2) is 0 Å². The van der Waals surface area contributed by atoms with Crippen LogP contribution in [0.3, 0.4) is 0 Å². The number of carbonyl (C=O) groups excluding carboxylic acids is 1. The molecule has 3 aromatic rings. The number of carbonyl (C=O) groups is 1. The molecule has 150 valence electrons. The molecular weight excluding hydrogens is 366 g/mol. The third-order valence-corrected chi connectivity index (χ3v) is 5.23. The highest BCUT2D eigenvalue weighted by atomic mass is 16.5. The Labute approximate surface area is 170 Å². The second kappa shape index (κ2) is 8.96. The molecule has 0 bridgehead atoms. The van der Waals surface area contributed by atoms with Crippen molar-refractivity contribution in [2.24, 2.45) is 5.92 Å². The lowest BCUT2D eigenvalue weighted by molar-refractivity contribution is -0.126. The zero-order valence-electron chi connectivity index (χ0n) is 16.5. The normalized spacial score (nSPS) is 15.3. The minimum Gasteiger partial charge on any atom is -0.350 e.